The van der Waals surface area contributed by atoms with E-state index in [-0.39, 0.29) is 5.91 Å². The predicted molar refractivity (Wildman–Crippen MR) is 114 cm³/mol. The Balaban J connectivity index is 1.47. The molecular weight excluding hydrogens is 370 g/mol. The minimum atomic E-state index is -0.0498. The number of nitrogens with one attached hydrogen (secondary N) is 2. The third-order valence-corrected chi connectivity index (χ3v) is 6.52. The molecule has 3 heterocycles. The maximum Gasteiger partial charge on any atom is 0.252 e. The first kappa shape index (κ1) is 17.8. The molecule has 2 N–H and O–H groups in total. The molecule has 3 aromatic rings. The van der Waals surface area contributed by atoms with Crippen LogP contribution in [0, 0.1) is 5.92 Å². The van der Waals surface area contributed by atoms with Crippen LogP contribution in [0.4, 0.5) is 0 Å². The lowest BCUT2D eigenvalue weighted by Crippen LogP contribution is -2.32. The summed E-state index contributed by atoms with van der Waals surface area (Å²) < 4.78 is 0. The van der Waals surface area contributed by atoms with E-state index in [1.807, 2.05) is 12.1 Å². The zero-order valence-corrected chi connectivity index (χ0v) is 16.8. The summed E-state index contributed by atoms with van der Waals surface area (Å²) in [6, 6.07) is 12.6. The lowest BCUT2D eigenvalue weighted by molar-refractivity contribution is 0.0966. The third kappa shape index (κ3) is 3.11. The Morgan fingerprint density at radius 3 is 2.79 bits per heavy atom. The molecule has 2 aliphatic heterocycles. The number of likely N-dealkylation sites (tertiary alicyclic amines) is 1. The van der Waals surface area contributed by atoms with Crippen LogP contribution in [0.15, 0.2) is 36.4 Å². The van der Waals surface area contributed by atoms with Crippen molar-refractivity contribution < 1.29 is 4.79 Å². The average molecular weight is 394 g/mol. The summed E-state index contributed by atoms with van der Waals surface area (Å²) in [5.74, 6) is 0.801. The first-order chi connectivity index (χ1) is 13.6. The van der Waals surface area contributed by atoms with Crippen molar-refractivity contribution in [1.29, 1.82) is 0 Å². The molecule has 0 bridgehead atoms. The molecule has 1 saturated heterocycles. The Morgan fingerprint density at radius 2 is 1.96 bits per heavy atom. The minimum Gasteiger partial charge on any atom is -0.355 e. The number of fused-ring (bicyclic) bond motifs is 2. The van der Waals surface area contributed by atoms with Gasteiger partial charge in [0.1, 0.15) is 0 Å². The highest BCUT2D eigenvalue weighted by Crippen LogP contribution is 2.35. The van der Waals surface area contributed by atoms with Gasteiger partial charge in [-0.1, -0.05) is 30.7 Å². The van der Waals surface area contributed by atoms with E-state index in [0.29, 0.717) is 17.1 Å². The highest BCUT2D eigenvalue weighted by Gasteiger charge is 2.26. The zero-order valence-electron chi connectivity index (χ0n) is 16.0. The quantitative estimate of drug-likeness (QED) is 0.660. The van der Waals surface area contributed by atoms with Crippen molar-refractivity contribution in [1.82, 2.24) is 15.2 Å². The van der Waals surface area contributed by atoms with Gasteiger partial charge in [-0.05, 0) is 61.7 Å². The topological polar surface area (TPSA) is 48.1 Å². The molecule has 0 saturated carbocycles. The fraction of sp³-hybridized carbons (Fsp3) is 0.348. The van der Waals surface area contributed by atoms with Crippen LogP contribution in [-0.4, -0.2) is 28.9 Å². The average Bonchev–Trinajstić information content (AvgIpc) is 3.28. The van der Waals surface area contributed by atoms with Crippen LogP contribution < -0.4 is 5.32 Å². The number of hydrogen-bond donors (Lipinski definition) is 2. The number of piperidine rings is 1. The molecule has 2 aliphatic rings. The fourth-order valence-corrected chi connectivity index (χ4v) is 4.66. The number of nitrogens with zero attached hydrogens (tertiary/aromatic N) is 1. The Bertz CT molecular complexity index is 1060. The van der Waals surface area contributed by atoms with Crippen molar-refractivity contribution in [3.8, 4) is 11.3 Å². The number of carbonyl (C=O) groups excluding carboxylic acids is 1. The second-order valence-corrected chi connectivity index (χ2v) is 8.60. The Morgan fingerprint density at radius 1 is 1.14 bits per heavy atom. The van der Waals surface area contributed by atoms with Gasteiger partial charge in [0.05, 0.1) is 5.56 Å². The van der Waals surface area contributed by atoms with E-state index in [9.17, 15) is 4.79 Å². The van der Waals surface area contributed by atoms with Crippen molar-refractivity contribution in [2.24, 2.45) is 5.92 Å². The summed E-state index contributed by atoms with van der Waals surface area (Å²) in [5.41, 5.74) is 5.89. The molecule has 1 aromatic heterocycles. The summed E-state index contributed by atoms with van der Waals surface area (Å²) >= 11 is 6.29. The van der Waals surface area contributed by atoms with E-state index in [4.69, 9.17) is 11.6 Å². The summed E-state index contributed by atoms with van der Waals surface area (Å²) in [4.78, 5) is 18.4. The molecule has 5 rings (SSSR count). The van der Waals surface area contributed by atoms with E-state index in [1.165, 1.54) is 36.9 Å². The number of aromatic nitrogens is 1. The summed E-state index contributed by atoms with van der Waals surface area (Å²) in [7, 11) is 0. The van der Waals surface area contributed by atoms with Crippen LogP contribution in [0.2, 0.25) is 5.02 Å². The molecule has 0 radical (unpaired) electrons. The van der Waals surface area contributed by atoms with Gasteiger partial charge in [-0.25, -0.2) is 0 Å². The van der Waals surface area contributed by atoms with E-state index < -0.39 is 0 Å². The molecule has 5 heteroatoms. The molecular formula is C23H24ClN3O. The van der Waals surface area contributed by atoms with Crippen molar-refractivity contribution in [2.45, 2.75) is 32.9 Å². The standard InChI is InChI=1S/C23H24ClN3O/c1-14-6-8-27(9-7-14)13-15-2-5-20-16(10-15)11-21(26-20)17-3-4-19(24)18-12-25-23(28)22(17)18/h2-5,10-11,14,26H,6-9,12-13H2,1H3,(H,25,28). The monoisotopic (exact) mass is 393 g/mol. The summed E-state index contributed by atoms with van der Waals surface area (Å²) in [6.45, 7) is 6.22. The molecule has 28 heavy (non-hydrogen) atoms. The smallest absolute Gasteiger partial charge is 0.252 e. The highest BCUT2D eigenvalue weighted by molar-refractivity contribution is 6.32. The number of H-pyrrole nitrogens is 1. The van der Waals surface area contributed by atoms with Gasteiger partial charge in [0.2, 0.25) is 0 Å². The van der Waals surface area contributed by atoms with E-state index in [1.54, 1.807) is 0 Å². The number of aromatic amines is 1. The number of halogens is 1. The van der Waals surface area contributed by atoms with Crippen LogP contribution >= 0.6 is 11.6 Å². The van der Waals surface area contributed by atoms with Gasteiger partial charge in [0, 0.05) is 45.8 Å². The van der Waals surface area contributed by atoms with Gasteiger partial charge in [-0.3, -0.25) is 9.69 Å². The largest absolute Gasteiger partial charge is 0.355 e. The maximum absolute atomic E-state index is 12.3. The number of hydrogen-bond acceptors (Lipinski definition) is 2. The van der Waals surface area contributed by atoms with Gasteiger partial charge in [0.25, 0.3) is 5.91 Å². The van der Waals surface area contributed by atoms with Crippen LogP contribution in [-0.2, 0) is 13.1 Å². The number of benzene rings is 2. The highest BCUT2D eigenvalue weighted by atomic mass is 35.5. The Hall–Kier alpha value is -2.30. The SMILES string of the molecule is CC1CCN(Cc2ccc3[nH]c(-c4ccc(Cl)c5c4C(=O)NC5)cc3c2)CC1. The normalized spacial score (nSPS) is 17.9. The predicted octanol–water partition coefficient (Wildman–Crippen LogP) is 4.96. The lowest BCUT2D eigenvalue weighted by Gasteiger charge is -2.30. The van der Waals surface area contributed by atoms with Gasteiger partial charge in [0.15, 0.2) is 0 Å². The van der Waals surface area contributed by atoms with Crippen LogP contribution in [0.5, 0.6) is 0 Å². The van der Waals surface area contributed by atoms with Gasteiger partial charge in [-0.2, -0.15) is 0 Å². The second-order valence-electron chi connectivity index (χ2n) is 8.19. The van der Waals surface area contributed by atoms with Crippen LogP contribution in [0.1, 0.15) is 41.3 Å². The van der Waals surface area contributed by atoms with Crippen molar-refractivity contribution in [3.63, 3.8) is 0 Å². The maximum atomic E-state index is 12.3. The number of amides is 1. The molecule has 0 spiro atoms. The van der Waals surface area contributed by atoms with Crippen molar-refractivity contribution >= 4 is 28.4 Å². The first-order valence-electron chi connectivity index (χ1n) is 10.0. The van der Waals surface area contributed by atoms with Crippen molar-refractivity contribution in [3.05, 3.63) is 58.1 Å². The van der Waals surface area contributed by atoms with E-state index >= 15 is 0 Å². The molecule has 144 valence electrons. The molecule has 1 fully saturated rings. The van der Waals surface area contributed by atoms with Crippen LogP contribution in [0.25, 0.3) is 22.2 Å². The first-order valence-corrected chi connectivity index (χ1v) is 10.4. The molecule has 0 aliphatic carbocycles. The molecule has 4 nitrogen and oxygen atoms in total. The van der Waals surface area contributed by atoms with Gasteiger partial charge < -0.3 is 10.3 Å². The second kappa shape index (κ2) is 6.94. The third-order valence-electron chi connectivity index (χ3n) is 6.17. The molecule has 0 atom stereocenters. The van der Waals surface area contributed by atoms with Gasteiger partial charge >= 0.3 is 0 Å². The van der Waals surface area contributed by atoms with Crippen LogP contribution in [0.3, 0.4) is 0 Å². The fourth-order valence-electron chi connectivity index (χ4n) is 4.44. The molecule has 1 amide bonds. The zero-order chi connectivity index (χ0) is 19.3. The molecule has 2 aromatic carbocycles. The Kier molecular flexibility index (Phi) is 4.41. The summed E-state index contributed by atoms with van der Waals surface area (Å²) in [6.07, 6.45) is 2.58. The van der Waals surface area contributed by atoms with E-state index in [2.05, 4.69) is 46.4 Å². The lowest BCUT2D eigenvalue weighted by atomic mass is 9.98. The minimum absolute atomic E-state index is 0.0498. The molecule has 0 unspecified atom stereocenters. The van der Waals surface area contributed by atoms with Gasteiger partial charge in [-0.15, -0.1) is 0 Å². The number of rotatable bonds is 3. The van der Waals surface area contributed by atoms with E-state index in [0.717, 1.165) is 34.8 Å². The van der Waals surface area contributed by atoms with Crippen molar-refractivity contribution in [2.75, 3.05) is 13.1 Å². The summed E-state index contributed by atoms with van der Waals surface area (Å²) in [5, 5.41) is 4.71. The number of carbonyl (C=O) groups is 1. The Labute approximate surface area is 169 Å².